The highest BCUT2D eigenvalue weighted by Crippen LogP contribution is 2.55. The third kappa shape index (κ3) is 7.72. The zero-order chi connectivity index (χ0) is 29.1. The fraction of sp³-hybridized carbons (Fsp3) is 0.731. The van der Waals surface area contributed by atoms with E-state index in [1.54, 1.807) is 6.92 Å². The third-order valence-electron chi connectivity index (χ3n) is 7.84. The molecule has 3 rings (SSSR count). The average molecular weight is 558 g/mol. The molecule has 39 heavy (non-hydrogen) atoms. The molecule has 2 saturated carbocycles. The second-order valence-corrected chi connectivity index (χ2v) is 11.3. The molecule has 3 aliphatic rings. The molecule has 1 saturated heterocycles. The maximum atomic E-state index is 13.8. The zero-order valence-electron chi connectivity index (χ0n) is 22.5. The highest BCUT2D eigenvalue weighted by atomic mass is 19.4. The second kappa shape index (κ2) is 12.0. The highest BCUT2D eigenvalue weighted by Gasteiger charge is 2.56. The van der Waals surface area contributed by atoms with E-state index in [9.17, 15) is 37.1 Å². The third-order valence-corrected chi connectivity index (χ3v) is 7.84. The topological polar surface area (TPSA) is 137 Å². The molecule has 0 bridgehead atoms. The molecule has 1 aliphatic heterocycles. The lowest BCUT2D eigenvalue weighted by Crippen LogP contribution is -2.61. The first-order valence-corrected chi connectivity index (χ1v) is 13.4. The van der Waals surface area contributed by atoms with Crippen molar-refractivity contribution in [3.63, 3.8) is 0 Å². The Morgan fingerprint density at radius 1 is 1.15 bits per heavy atom. The van der Waals surface area contributed by atoms with Crippen molar-refractivity contribution in [2.45, 2.75) is 83.7 Å². The smallest absolute Gasteiger partial charge is 0.356 e. The molecule has 3 fully saturated rings. The standard InChI is InChI=1S/C26H38F3N5O5/c1-5-18(35)31-17(12-15-8-7-11-30-21(15)36)32-22(37)20(16-13-25(16,3)4)34(6-2)23(38)19(14-9-10-14)33-24(39)26(27,28)29/h5,14-17,19-20H,1,6-13H2,2-4H3,(H,30,36)(H,31,35)(H,32,37)(H,33,39)/t15-,16-,17-,19-,20-/m0/s1. The normalized spacial score (nSPS) is 24.3. The summed E-state index contributed by atoms with van der Waals surface area (Å²) in [6, 6.07) is -2.46. The van der Waals surface area contributed by atoms with Crippen LogP contribution >= 0.6 is 0 Å². The van der Waals surface area contributed by atoms with Gasteiger partial charge < -0.3 is 26.2 Å². The van der Waals surface area contributed by atoms with Crippen molar-refractivity contribution < 1.29 is 37.1 Å². The number of hydrogen-bond donors (Lipinski definition) is 4. The summed E-state index contributed by atoms with van der Waals surface area (Å²) in [6.07, 6.45) is -2.07. The van der Waals surface area contributed by atoms with Gasteiger partial charge >= 0.3 is 12.1 Å². The van der Waals surface area contributed by atoms with Crippen LogP contribution in [-0.4, -0.2) is 72.0 Å². The van der Waals surface area contributed by atoms with Crippen molar-refractivity contribution in [3.05, 3.63) is 12.7 Å². The number of hydrogen-bond acceptors (Lipinski definition) is 5. The highest BCUT2D eigenvalue weighted by molar-refractivity contribution is 5.94. The van der Waals surface area contributed by atoms with Crippen LogP contribution in [0.4, 0.5) is 13.2 Å². The summed E-state index contributed by atoms with van der Waals surface area (Å²) in [6.45, 7) is 9.44. The predicted molar refractivity (Wildman–Crippen MR) is 134 cm³/mol. The van der Waals surface area contributed by atoms with E-state index in [2.05, 4.69) is 22.5 Å². The molecule has 5 atom stereocenters. The number of nitrogens with one attached hydrogen (secondary N) is 4. The van der Waals surface area contributed by atoms with Crippen LogP contribution in [0.3, 0.4) is 0 Å². The summed E-state index contributed by atoms with van der Waals surface area (Å²) in [5.41, 5.74) is -0.316. The monoisotopic (exact) mass is 557 g/mol. The minimum absolute atomic E-state index is 0.0172. The van der Waals surface area contributed by atoms with Crippen molar-refractivity contribution >= 4 is 29.5 Å². The van der Waals surface area contributed by atoms with Crippen LogP contribution in [0.5, 0.6) is 0 Å². The fourth-order valence-corrected chi connectivity index (χ4v) is 5.28. The molecule has 0 radical (unpaired) electrons. The van der Waals surface area contributed by atoms with Crippen LogP contribution in [-0.2, 0) is 24.0 Å². The molecular formula is C26H38F3N5O5. The molecule has 10 nitrogen and oxygen atoms in total. The lowest BCUT2D eigenvalue weighted by Gasteiger charge is -2.35. The maximum Gasteiger partial charge on any atom is 0.471 e. The van der Waals surface area contributed by atoms with Gasteiger partial charge in [-0.3, -0.25) is 24.0 Å². The first kappa shape index (κ1) is 30.4. The number of carbonyl (C=O) groups is 5. The molecule has 0 aromatic heterocycles. The van der Waals surface area contributed by atoms with E-state index in [4.69, 9.17) is 0 Å². The number of amides is 5. The van der Waals surface area contributed by atoms with E-state index in [0.717, 1.165) is 12.5 Å². The van der Waals surface area contributed by atoms with Gasteiger partial charge in [-0.1, -0.05) is 20.4 Å². The molecule has 0 unspecified atom stereocenters. The lowest BCUT2D eigenvalue weighted by molar-refractivity contribution is -0.175. The first-order chi connectivity index (χ1) is 18.2. The molecule has 2 aliphatic carbocycles. The van der Waals surface area contributed by atoms with Crippen molar-refractivity contribution in [3.8, 4) is 0 Å². The van der Waals surface area contributed by atoms with Crippen LogP contribution in [0.15, 0.2) is 12.7 Å². The van der Waals surface area contributed by atoms with E-state index >= 15 is 0 Å². The number of carbonyl (C=O) groups excluding carboxylic acids is 5. The van der Waals surface area contributed by atoms with E-state index < -0.39 is 59.9 Å². The molecule has 0 aromatic carbocycles. The SMILES string of the molecule is C=CC(=O)N[C@H](C[C@@H]1CCCNC1=O)NC(=O)[C@H]([C@@H]1CC1(C)C)N(CC)C(=O)[C@@H](NC(=O)C(F)(F)F)C1CC1. The summed E-state index contributed by atoms with van der Waals surface area (Å²) in [7, 11) is 0. The van der Waals surface area contributed by atoms with Gasteiger partial charge in [0.2, 0.25) is 23.6 Å². The molecule has 0 aromatic rings. The Bertz CT molecular complexity index is 997. The van der Waals surface area contributed by atoms with Gasteiger partial charge in [-0.25, -0.2) is 0 Å². The minimum atomic E-state index is -5.15. The quantitative estimate of drug-likeness (QED) is 0.212. The molecule has 5 amide bonds. The van der Waals surface area contributed by atoms with Crippen LogP contribution in [0.1, 0.15) is 59.3 Å². The van der Waals surface area contributed by atoms with E-state index in [0.29, 0.717) is 32.2 Å². The van der Waals surface area contributed by atoms with E-state index in [1.807, 2.05) is 19.2 Å². The average Bonchev–Trinajstić information content (AvgIpc) is 3.78. The summed E-state index contributed by atoms with van der Waals surface area (Å²) in [4.78, 5) is 64.7. The summed E-state index contributed by atoms with van der Waals surface area (Å²) in [5.74, 6) is -5.49. The van der Waals surface area contributed by atoms with Gasteiger partial charge in [0.1, 0.15) is 18.2 Å². The van der Waals surface area contributed by atoms with Gasteiger partial charge in [-0.15, -0.1) is 0 Å². The van der Waals surface area contributed by atoms with Crippen LogP contribution < -0.4 is 21.3 Å². The number of halogens is 3. The van der Waals surface area contributed by atoms with Crippen molar-refractivity contribution in [1.82, 2.24) is 26.2 Å². The maximum absolute atomic E-state index is 13.8. The Morgan fingerprint density at radius 2 is 1.79 bits per heavy atom. The molecule has 0 spiro atoms. The Hall–Kier alpha value is -3.12. The summed E-state index contributed by atoms with van der Waals surface area (Å²) in [5, 5.41) is 10.0. The van der Waals surface area contributed by atoms with Gasteiger partial charge in [0.25, 0.3) is 0 Å². The Labute approximate surface area is 225 Å². The second-order valence-electron chi connectivity index (χ2n) is 11.3. The van der Waals surface area contributed by atoms with Gasteiger partial charge in [0.05, 0.1) is 0 Å². The summed E-state index contributed by atoms with van der Waals surface area (Å²) < 4.78 is 39.0. The van der Waals surface area contributed by atoms with Crippen LogP contribution in [0, 0.1) is 23.2 Å². The van der Waals surface area contributed by atoms with E-state index in [-0.39, 0.29) is 30.2 Å². The molecule has 4 N–H and O–H groups in total. The van der Waals surface area contributed by atoms with Crippen molar-refractivity contribution in [2.24, 2.45) is 23.2 Å². The molecule has 1 heterocycles. The zero-order valence-corrected chi connectivity index (χ0v) is 22.5. The Balaban J connectivity index is 1.84. The fourth-order valence-electron chi connectivity index (χ4n) is 5.28. The number of nitrogens with zero attached hydrogens (tertiary/aromatic N) is 1. The molecule has 13 heteroatoms. The predicted octanol–water partition coefficient (Wildman–Crippen LogP) is 1.37. The Kier molecular flexibility index (Phi) is 9.32. The van der Waals surface area contributed by atoms with Gasteiger partial charge in [-0.2, -0.15) is 13.2 Å². The van der Waals surface area contributed by atoms with Crippen LogP contribution in [0.2, 0.25) is 0 Å². The van der Waals surface area contributed by atoms with Crippen molar-refractivity contribution in [1.29, 1.82) is 0 Å². The number of rotatable bonds is 12. The largest absolute Gasteiger partial charge is 0.471 e. The number of piperidine rings is 1. The lowest BCUT2D eigenvalue weighted by atomic mass is 9.93. The van der Waals surface area contributed by atoms with E-state index in [1.165, 1.54) is 4.90 Å². The van der Waals surface area contributed by atoms with Crippen LogP contribution in [0.25, 0.3) is 0 Å². The first-order valence-electron chi connectivity index (χ1n) is 13.4. The Morgan fingerprint density at radius 3 is 2.28 bits per heavy atom. The number of alkyl halides is 3. The molecule has 218 valence electrons. The van der Waals surface area contributed by atoms with Crippen molar-refractivity contribution in [2.75, 3.05) is 13.1 Å². The minimum Gasteiger partial charge on any atom is -0.356 e. The van der Waals surface area contributed by atoms with Gasteiger partial charge in [0.15, 0.2) is 0 Å². The number of likely N-dealkylation sites (N-methyl/N-ethyl adjacent to an activating group) is 1. The summed E-state index contributed by atoms with van der Waals surface area (Å²) >= 11 is 0. The molecular weight excluding hydrogens is 519 g/mol. The van der Waals surface area contributed by atoms with Gasteiger partial charge in [-0.05, 0) is 68.8 Å². The van der Waals surface area contributed by atoms with Gasteiger partial charge in [0, 0.05) is 19.0 Å².